The number of aliphatic hydroxyl groups excluding tert-OH is 1. The predicted octanol–water partition coefficient (Wildman–Crippen LogP) is 1.23. The first-order valence-electron chi connectivity index (χ1n) is 6.39. The second kappa shape index (κ2) is 6.64. The van der Waals surface area contributed by atoms with Crippen molar-refractivity contribution in [3.63, 3.8) is 0 Å². The van der Waals surface area contributed by atoms with E-state index in [0.717, 1.165) is 17.8 Å². The normalized spacial score (nSPS) is 11.7. The van der Waals surface area contributed by atoms with Crippen LogP contribution in [0, 0.1) is 10.1 Å². The lowest BCUT2D eigenvalue weighted by Crippen LogP contribution is -2.20. The highest BCUT2D eigenvalue weighted by atomic mass is 16.6. The summed E-state index contributed by atoms with van der Waals surface area (Å²) in [5, 5.41) is 23.1. The molecule has 8 heteroatoms. The molecule has 0 saturated heterocycles. The number of anilines is 1. The summed E-state index contributed by atoms with van der Waals surface area (Å²) in [6, 6.07) is 9.56. The van der Waals surface area contributed by atoms with Crippen LogP contribution in [0.2, 0.25) is 0 Å². The van der Waals surface area contributed by atoms with Crippen molar-refractivity contribution in [1.29, 1.82) is 0 Å². The first-order valence-corrected chi connectivity index (χ1v) is 6.39. The summed E-state index contributed by atoms with van der Waals surface area (Å²) in [7, 11) is 0. The summed E-state index contributed by atoms with van der Waals surface area (Å²) in [6.45, 7) is -0.249. The van der Waals surface area contributed by atoms with Gasteiger partial charge in [0, 0.05) is 6.07 Å². The Kier molecular flexibility index (Phi) is 4.64. The summed E-state index contributed by atoms with van der Waals surface area (Å²) in [6.07, 6.45) is 1.02. The van der Waals surface area contributed by atoms with Gasteiger partial charge in [-0.2, -0.15) is 0 Å². The Hall–Kier alpha value is -3.00. The van der Waals surface area contributed by atoms with E-state index in [0.29, 0.717) is 0 Å². The smallest absolute Gasteiger partial charge is 0.288 e. The van der Waals surface area contributed by atoms with Gasteiger partial charge < -0.3 is 16.2 Å². The number of aliphatic hydroxyl groups is 1. The van der Waals surface area contributed by atoms with Crippen molar-refractivity contribution in [2.75, 3.05) is 11.9 Å². The molecule has 0 radical (unpaired) electrons. The zero-order chi connectivity index (χ0) is 16.1. The van der Waals surface area contributed by atoms with E-state index in [1.165, 1.54) is 0 Å². The minimum Gasteiger partial charge on any atom is -0.394 e. The highest BCUT2D eigenvalue weighted by molar-refractivity contribution is 5.98. The molecular formula is C14H14N4O4. The Morgan fingerprint density at radius 1 is 1.41 bits per heavy atom. The van der Waals surface area contributed by atoms with Gasteiger partial charge in [0.1, 0.15) is 12.0 Å². The zero-order valence-electron chi connectivity index (χ0n) is 11.5. The van der Waals surface area contributed by atoms with Gasteiger partial charge in [-0.25, -0.2) is 4.98 Å². The van der Waals surface area contributed by atoms with E-state index in [2.05, 4.69) is 10.3 Å². The minimum absolute atomic E-state index is 0.0843. The lowest BCUT2D eigenvalue weighted by atomic mass is 10.1. The number of rotatable bonds is 6. The molecule has 22 heavy (non-hydrogen) atoms. The summed E-state index contributed by atoms with van der Waals surface area (Å²) in [5.74, 6) is -0.760. The van der Waals surface area contributed by atoms with Crippen LogP contribution in [0.1, 0.15) is 22.0 Å². The number of amides is 1. The second-order valence-electron chi connectivity index (χ2n) is 4.50. The molecule has 1 atom stereocenters. The van der Waals surface area contributed by atoms with Crippen molar-refractivity contribution in [2.45, 2.75) is 6.04 Å². The third-order valence-corrected chi connectivity index (χ3v) is 3.05. The summed E-state index contributed by atoms with van der Waals surface area (Å²) >= 11 is 0. The SMILES string of the molecule is NC(=O)c1cc([N+](=O)[O-])cnc1NC(CO)c1ccccc1. The van der Waals surface area contributed by atoms with Crippen LogP contribution in [-0.4, -0.2) is 27.5 Å². The number of hydrogen-bond acceptors (Lipinski definition) is 6. The monoisotopic (exact) mass is 302 g/mol. The third-order valence-electron chi connectivity index (χ3n) is 3.05. The van der Waals surface area contributed by atoms with Gasteiger partial charge in [0.05, 0.1) is 23.1 Å². The Morgan fingerprint density at radius 2 is 2.09 bits per heavy atom. The average molecular weight is 302 g/mol. The van der Waals surface area contributed by atoms with Crippen molar-refractivity contribution in [3.8, 4) is 0 Å². The Balaban J connectivity index is 2.35. The maximum Gasteiger partial charge on any atom is 0.288 e. The van der Waals surface area contributed by atoms with E-state index >= 15 is 0 Å². The van der Waals surface area contributed by atoms with Crippen LogP contribution in [0.25, 0.3) is 0 Å². The van der Waals surface area contributed by atoms with Crippen molar-refractivity contribution < 1.29 is 14.8 Å². The van der Waals surface area contributed by atoms with Crippen LogP contribution in [0.15, 0.2) is 42.6 Å². The average Bonchev–Trinajstić information content (AvgIpc) is 2.53. The quantitative estimate of drug-likeness (QED) is 0.543. The number of carbonyl (C=O) groups is 1. The molecule has 0 aliphatic carbocycles. The molecule has 114 valence electrons. The molecule has 2 aromatic rings. The highest BCUT2D eigenvalue weighted by Crippen LogP contribution is 2.23. The number of primary amides is 1. The molecule has 1 heterocycles. The standard InChI is InChI=1S/C14H14N4O4/c15-13(20)11-6-10(18(21)22)7-16-14(11)17-12(8-19)9-4-2-1-3-5-9/h1-7,12,19H,8H2,(H2,15,20)(H,16,17). The maximum absolute atomic E-state index is 11.5. The van der Waals surface area contributed by atoms with Crippen LogP contribution >= 0.6 is 0 Å². The number of benzene rings is 1. The Labute approximate surface area is 125 Å². The fourth-order valence-electron chi connectivity index (χ4n) is 1.94. The molecule has 0 fully saturated rings. The maximum atomic E-state index is 11.5. The molecule has 8 nitrogen and oxygen atoms in total. The number of pyridine rings is 1. The largest absolute Gasteiger partial charge is 0.394 e. The molecule has 1 unspecified atom stereocenters. The van der Waals surface area contributed by atoms with E-state index in [4.69, 9.17) is 5.73 Å². The van der Waals surface area contributed by atoms with Gasteiger partial charge in [-0.05, 0) is 5.56 Å². The Morgan fingerprint density at radius 3 is 2.64 bits per heavy atom. The third kappa shape index (κ3) is 3.36. The zero-order valence-corrected chi connectivity index (χ0v) is 11.5. The fourth-order valence-corrected chi connectivity index (χ4v) is 1.94. The lowest BCUT2D eigenvalue weighted by Gasteiger charge is -2.18. The van der Waals surface area contributed by atoms with E-state index in [1.54, 1.807) is 24.3 Å². The number of nitrogens with one attached hydrogen (secondary N) is 1. The van der Waals surface area contributed by atoms with E-state index in [9.17, 15) is 20.0 Å². The van der Waals surface area contributed by atoms with Crippen molar-refractivity contribution in [2.24, 2.45) is 5.73 Å². The van der Waals surface area contributed by atoms with Crippen molar-refractivity contribution in [3.05, 3.63) is 63.8 Å². The first kappa shape index (κ1) is 15.4. The van der Waals surface area contributed by atoms with Crippen LogP contribution in [0.3, 0.4) is 0 Å². The van der Waals surface area contributed by atoms with Gasteiger partial charge in [0.25, 0.3) is 11.6 Å². The van der Waals surface area contributed by atoms with E-state index in [-0.39, 0.29) is 23.7 Å². The summed E-state index contributed by atoms with van der Waals surface area (Å²) in [4.78, 5) is 25.4. The molecule has 1 aromatic carbocycles. The lowest BCUT2D eigenvalue weighted by molar-refractivity contribution is -0.385. The van der Waals surface area contributed by atoms with E-state index in [1.807, 2.05) is 6.07 Å². The van der Waals surface area contributed by atoms with Crippen molar-refractivity contribution in [1.82, 2.24) is 4.98 Å². The molecule has 0 spiro atoms. The molecule has 2 rings (SSSR count). The van der Waals surface area contributed by atoms with Crippen LogP contribution in [0.5, 0.6) is 0 Å². The molecule has 0 aliphatic rings. The molecule has 1 aromatic heterocycles. The van der Waals surface area contributed by atoms with Crippen molar-refractivity contribution >= 4 is 17.4 Å². The van der Waals surface area contributed by atoms with Gasteiger partial charge >= 0.3 is 0 Å². The number of nitro groups is 1. The number of aromatic nitrogens is 1. The first-order chi connectivity index (χ1) is 10.5. The van der Waals surface area contributed by atoms with Crippen LogP contribution < -0.4 is 11.1 Å². The van der Waals surface area contributed by atoms with Crippen LogP contribution in [-0.2, 0) is 0 Å². The van der Waals surface area contributed by atoms with E-state index < -0.39 is 16.9 Å². The predicted molar refractivity (Wildman–Crippen MR) is 79.3 cm³/mol. The van der Waals surface area contributed by atoms with Gasteiger partial charge in [0.2, 0.25) is 0 Å². The molecule has 0 aliphatic heterocycles. The minimum atomic E-state index is -0.844. The van der Waals surface area contributed by atoms with Gasteiger partial charge in [0.15, 0.2) is 0 Å². The summed E-state index contributed by atoms with van der Waals surface area (Å²) in [5.41, 5.74) is 5.57. The van der Waals surface area contributed by atoms with Crippen LogP contribution in [0.4, 0.5) is 11.5 Å². The number of nitrogens with two attached hydrogens (primary N) is 1. The molecular weight excluding hydrogens is 288 g/mol. The molecule has 4 N–H and O–H groups in total. The highest BCUT2D eigenvalue weighted by Gasteiger charge is 2.19. The molecule has 0 bridgehead atoms. The number of hydrogen-bond donors (Lipinski definition) is 3. The molecule has 1 amide bonds. The number of carbonyl (C=O) groups excluding carboxylic acids is 1. The second-order valence-corrected chi connectivity index (χ2v) is 4.50. The summed E-state index contributed by atoms with van der Waals surface area (Å²) < 4.78 is 0. The molecule has 0 saturated carbocycles. The van der Waals surface area contributed by atoms with Gasteiger partial charge in [-0.3, -0.25) is 14.9 Å². The van der Waals surface area contributed by atoms with Gasteiger partial charge in [-0.15, -0.1) is 0 Å². The fraction of sp³-hybridized carbons (Fsp3) is 0.143. The number of nitrogens with zero attached hydrogens (tertiary/aromatic N) is 2. The Bertz CT molecular complexity index is 690. The topological polar surface area (TPSA) is 131 Å². The van der Waals surface area contributed by atoms with Gasteiger partial charge in [-0.1, -0.05) is 30.3 Å².